The normalized spacial score (nSPS) is 27.0. The van der Waals surface area contributed by atoms with E-state index in [1.807, 2.05) is 0 Å². The summed E-state index contributed by atoms with van der Waals surface area (Å²) in [5.41, 5.74) is -5.66. The molecule has 35 heavy (non-hydrogen) atoms. The van der Waals surface area contributed by atoms with E-state index in [1.54, 1.807) is 0 Å². The molecule has 11 heteroatoms. The standard InChI is InChI=1S/2C12H23O2PS2.Cd/c2*13-15(16,14-11-7-3-1-4-8-11)17-12-9-5-2-6-10-12;/h2*11-12H,1-10H2,(H,13,16);/q;;+2/p-2. The summed E-state index contributed by atoms with van der Waals surface area (Å²) in [4.78, 5) is 24.6. The molecule has 0 aliphatic heterocycles. The Labute approximate surface area is 253 Å². The third-order valence-corrected chi connectivity index (χ3v) is 16.4. The van der Waals surface area contributed by atoms with Crippen LogP contribution in [0.1, 0.15) is 128 Å². The molecule has 0 saturated heterocycles. The third-order valence-electron chi connectivity index (χ3n) is 7.32. The molecule has 0 amide bonds. The maximum absolute atomic E-state index is 12.3. The molecule has 0 aromatic heterocycles. The first-order chi connectivity index (χ1) is 16.3. The monoisotopic (exact) mass is 700 g/mol. The van der Waals surface area contributed by atoms with E-state index in [0.717, 1.165) is 25.7 Å². The molecular formula is C24H44CdO4P2S4. The zero-order valence-electron chi connectivity index (χ0n) is 21.3. The molecule has 4 saturated carbocycles. The Morgan fingerprint density at radius 3 is 1.03 bits per heavy atom. The summed E-state index contributed by atoms with van der Waals surface area (Å²) in [7, 11) is 0. The van der Waals surface area contributed by atoms with Crippen LogP contribution < -0.4 is 9.79 Å². The Morgan fingerprint density at radius 2 is 0.743 bits per heavy atom. The molecule has 4 rings (SSSR count). The molecule has 4 aliphatic rings. The third kappa shape index (κ3) is 14.8. The van der Waals surface area contributed by atoms with Crippen molar-refractivity contribution in [1.29, 1.82) is 0 Å². The number of hydrogen-bond donors (Lipinski definition) is 0. The Balaban J connectivity index is 0.000000240. The van der Waals surface area contributed by atoms with E-state index in [1.165, 1.54) is 125 Å². The second-order valence-electron chi connectivity index (χ2n) is 10.4. The van der Waals surface area contributed by atoms with Gasteiger partial charge >= 0.3 is 27.3 Å². The molecule has 0 N–H and O–H groups in total. The maximum Gasteiger partial charge on any atom is 2.00 e. The van der Waals surface area contributed by atoms with Crippen LogP contribution in [0.3, 0.4) is 0 Å². The first kappa shape index (κ1) is 34.0. The molecule has 4 nitrogen and oxygen atoms in total. The van der Waals surface area contributed by atoms with Gasteiger partial charge in [-0.1, -0.05) is 101 Å². The van der Waals surface area contributed by atoms with Gasteiger partial charge in [-0.3, -0.25) is 0 Å². The predicted molar refractivity (Wildman–Crippen MR) is 153 cm³/mol. The van der Waals surface area contributed by atoms with E-state index in [4.69, 9.17) is 32.7 Å². The fraction of sp³-hybridized carbons (Fsp3) is 1.00. The van der Waals surface area contributed by atoms with Gasteiger partial charge in [0.2, 0.25) is 0 Å². The van der Waals surface area contributed by atoms with Crippen molar-refractivity contribution >= 4 is 57.8 Å². The van der Waals surface area contributed by atoms with Crippen molar-refractivity contribution < 1.29 is 46.1 Å². The summed E-state index contributed by atoms with van der Waals surface area (Å²) < 4.78 is 11.4. The van der Waals surface area contributed by atoms with E-state index in [-0.39, 0.29) is 39.5 Å². The smallest absolute Gasteiger partial charge is 0.793 e. The predicted octanol–water partition coefficient (Wildman–Crippen LogP) is 7.97. The van der Waals surface area contributed by atoms with Crippen molar-refractivity contribution in [2.45, 2.75) is 151 Å². The van der Waals surface area contributed by atoms with Gasteiger partial charge in [0.25, 0.3) is 0 Å². The molecule has 0 aromatic carbocycles. The number of hydrogen-bond acceptors (Lipinski definition) is 8. The summed E-state index contributed by atoms with van der Waals surface area (Å²) >= 11 is 13.3. The van der Waals surface area contributed by atoms with Gasteiger partial charge in [0, 0.05) is 21.9 Å². The van der Waals surface area contributed by atoms with Crippen LogP contribution in [0.25, 0.3) is 0 Å². The van der Waals surface area contributed by atoms with Gasteiger partial charge in [-0.25, -0.2) is 0 Å². The second kappa shape index (κ2) is 18.2. The Hall–Kier alpha value is 2.76. The van der Waals surface area contributed by atoms with Gasteiger partial charge in [0.1, 0.15) is 0 Å². The van der Waals surface area contributed by atoms with Crippen molar-refractivity contribution in [3.05, 3.63) is 0 Å². The first-order valence-electron chi connectivity index (χ1n) is 13.7. The minimum atomic E-state index is -2.83. The van der Waals surface area contributed by atoms with Gasteiger partial charge in [0.15, 0.2) is 0 Å². The van der Waals surface area contributed by atoms with Crippen LogP contribution in [-0.2, 0) is 60.0 Å². The molecular weight excluding hydrogens is 655 g/mol. The average Bonchev–Trinajstić information content (AvgIpc) is 2.81. The summed E-state index contributed by atoms with van der Waals surface area (Å²) in [6.45, 7) is 0. The molecule has 0 aromatic rings. The first-order valence-corrected chi connectivity index (χ1v) is 21.9. The minimum Gasteiger partial charge on any atom is -0.793 e. The Kier molecular flexibility index (Phi) is 17.7. The summed E-state index contributed by atoms with van der Waals surface area (Å²) in [5.74, 6) is 0. The van der Waals surface area contributed by atoms with Crippen molar-refractivity contribution in [3.63, 3.8) is 0 Å². The van der Waals surface area contributed by atoms with Crippen LogP contribution in [0.5, 0.6) is 0 Å². The maximum atomic E-state index is 12.3. The van der Waals surface area contributed by atoms with Gasteiger partial charge in [-0.05, 0) is 51.4 Å². The molecule has 4 fully saturated rings. The van der Waals surface area contributed by atoms with Crippen LogP contribution >= 0.6 is 34.2 Å². The topological polar surface area (TPSA) is 64.6 Å². The summed E-state index contributed by atoms with van der Waals surface area (Å²) in [6.07, 6.45) is 24.3. The largest absolute Gasteiger partial charge is 2.00 e. The fourth-order valence-corrected chi connectivity index (χ4v) is 15.9. The molecule has 200 valence electrons. The molecule has 0 radical (unpaired) electrons. The minimum absolute atomic E-state index is 0. The van der Waals surface area contributed by atoms with Crippen molar-refractivity contribution in [2.75, 3.05) is 0 Å². The van der Waals surface area contributed by atoms with Crippen molar-refractivity contribution in [2.24, 2.45) is 0 Å². The summed E-state index contributed by atoms with van der Waals surface area (Å²) in [6, 6.07) is 0. The molecule has 4 aliphatic carbocycles. The molecule has 0 spiro atoms. The molecule has 0 heterocycles. The van der Waals surface area contributed by atoms with Crippen molar-refractivity contribution in [3.8, 4) is 0 Å². The van der Waals surface area contributed by atoms with Gasteiger partial charge in [-0.15, -0.1) is 22.8 Å². The van der Waals surface area contributed by atoms with Crippen molar-refractivity contribution in [1.82, 2.24) is 0 Å². The quantitative estimate of drug-likeness (QED) is 0.187. The van der Waals surface area contributed by atoms with Crippen LogP contribution in [0.15, 0.2) is 0 Å². The van der Waals surface area contributed by atoms with E-state index in [9.17, 15) is 9.79 Å². The van der Waals surface area contributed by atoms with E-state index < -0.39 is 11.4 Å². The zero-order chi connectivity index (χ0) is 24.3. The van der Waals surface area contributed by atoms with Crippen LogP contribution in [0.2, 0.25) is 0 Å². The van der Waals surface area contributed by atoms with E-state index in [0.29, 0.717) is 10.5 Å². The Morgan fingerprint density at radius 1 is 0.486 bits per heavy atom. The van der Waals surface area contributed by atoms with E-state index in [2.05, 4.69) is 0 Å². The summed E-state index contributed by atoms with van der Waals surface area (Å²) in [5, 5.41) is 0.964. The van der Waals surface area contributed by atoms with Crippen LogP contribution in [0, 0.1) is 0 Å². The Bertz CT molecular complexity index is 562. The van der Waals surface area contributed by atoms with Crippen LogP contribution in [-0.4, -0.2) is 22.7 Å². The van der Waals surface area contributed by atoms with Crippen LogP contribution in [0.4, 0.5) is 0 Å². The second-order valence-corrected chi connectivity index (χ2v) is 22.7. The zero-order valence-corrected chi connectivity index (χ0v) is 30.4. The van der Waals surface area contributed by atoms with Gasteiger partial charge in [0.05, 0.1) is 12.2 Å². The fourth-order valence-electron chi connectivity index (χ4n) is 5.46. The molecule has 0 bridgehead atoms. The van der Waals surface area contributed by atoms with E-state index >= 15 is 0 Å². The molecule has 2 unspecified atom stereocenters. The molecule has 2 atom stereocenters. The SMILES string of the molecule is [Cd+2].[O-]P(=S)(OC1CCCCC1)SC1CCCCC1.[O-]P(=S)(OC1CCCCC1)SC1CCCCC1. The van der Waals surface area contributed by atoms with Gasteiger partial charge in [-0.2, -0.15) is 0 Å². The average molecular weight is 699 g/mol. The number of rotatable bonds is 8. The van der Waals surface area contributed by atoms with Gasteiger partial charge < -0.3 is 18.8 Å².